The second kappa shape index (κ2) is 4.01. The van der Waals surface area contributed by atoms with Crippen molar-refractivity contribution < 1.29 is 14.6 Å². The van der Waals surface area contributed by atoms with E-state index in [1.807, 2.05) is 0 Å². The molecule has 0 heterocycles. The number of benzene rings is 1. The predicted octanol–water partition coefficient (Wildman–Crippen LogP) is 3.16. The van der Waals surface area contributed by atoms with E-state index in [2.05, 4.69) is 0 Å². The Balaban J connectivity index is 1.91. The first-order valence-electron chi connectivity index (χ1n) is 6.56. The molecule has 0 unspecified atom stereocenters. The van der Waals surface area contributed by atoms with Gasteiger partial charge in [-0.25, -0.2) is 0 Å². The Labute approximate surface area is 107 Å². The fourth-order valence-corrected chi connectivity index (χ4v) is 3.65. The van der Waals surface area contributed by atoms with Gasteiger partial charge in [0.2, 0.25) is 0 Å². The molecule has 1 N–H and O–H groups in total. The highest BCUT2D eigenvalue weighted by Crippen LogP contribution is 2.55. The van der Waals surface area contributed by atoms with Crippen molar-refractivity contribution in [2.24, 2.45) is 11.3 Å². The Morgan fingerprint density at radius 2 is 2.11 bits per heavy atom. The third-order valence-corrected chi connectivity index (χ3v) is 4.66. The summed E-state index contributed by atoms with van der Waals surface area (Å²) in [6.07, 6.45) is 5.45. The molecule has 0 amide bonds. The second-order valence-electron chi connectivity index (χ2n) is 5.64. The molecule has 3 rings (SSSR count). The molecule has 0 atom stereocenters. The molecule has 2 saturated carbocycles. The number of phenolic OH excluding ortho intramolecular Hbond substituents is 1. The Kier molecular flexibility index (Phi) is 2.58. The molecule has 1 aromatic carbocycles. The molecule has 2 bridgehead atoms. The smallest absolute Gasteiger partial charge is 0.169 e. The normalized spacial score (nSPS) is 29.5. The molecule has 0 radical (unpaired) electrons. The Bertz CT molecular complexity index is 485. The summed E-state index contributed by atoms with van der Waals surface area (Å²) in [7, 11) is 1.51. The maximum Gasteiger partial charge on any atom is 0.169 e. The van der Waals surface area contributed by atoms with Crippen LogP contribution in [-0.4, -0.2) is 18.0 Å². The van der Waals surface area contributed by atoms with Gasteiger partial charge in [-0.15, -0.1) is 0 Å². The van der Waals surface area contributed by atoms with E-state index in [1.165, 1.54) is 20.0 Å². The first-order chi connectivity index (χ1) is 8.64. The number of Topliss-reactive ketones (excluding diaryl/α,β-unsaturated/α-hetero) is 1. The van der Waals surface area contributed by atoms with Crippen molar-refractivity contribution in [3.63, 3.8) is 0 Å². The number of hydrogen-bond donors (Lipinski definition) is 1. The number of hydrogen-bond acceptors (Lipinski definition) is 3. The monoisotopic (exact) mass is 246 g/mol. The van der Waals surface area contributed by atoms with Gasteiger partial charge >= 0.3 is 0 Å². The van der Waals surface area contributed by atoms with Gasteiger partial charge in [-0.3, -0.25) is 4.79 Å². The minimum atomic E-state index is -0.133. The van der Waals surface area contributed by atoms with Gasteiger partial charge < -0.3 is 9.84 Å². The van der Waals surface area contributed by atoms with Crippen LogP contribution in [0.2, 0.25) is 0 Å². The molecule has 2 aliphatic carbocycles. The zero-order valence-corrected chi connectivity index (χ0v) is 10.6. The van der Waals surface area contributed by atoms with Crippen LogP contribution in [0.3, 0.4) is 0 Å². The van der Waals surface area contributed by atoms with Crippen molar-refractivity contribution in [3.05, 3.63) is 23.8 Å². The van der Waals surface area contributed by atoms with Crippen LogP contribution in [-0.2, 0) is 0 Å². The molecule has 0 aromatic heterocycles. The molecule has 96 valence electrons. The number of ether oxygens (including phenoxy) is 1. The lowest BCUT2D eigenvalue weighted by Gasteiger charge is -2.24. The fraction of sp³-hybridized carbons (Fsp3) is 0.533. The van der Waals surface area contributed by atoms with Gasteiger partial charge in [0, 0.05) is 11.0 Å². The highest BCUT2D eigenvalue weighted by Gasteiger charge is 2.49. The van der Waals surface area contributed by atoms with E-state index in [0.29, 0.717) is 11.3 Å². The quantitative estimate of drug-likeness (QED) is 0.833. The van der Waals surface area contributed by atoms with Gasteiger partial charge in [-0.2, -0.15) is 0 Å². The van der Waals surface area contributed by atoms with Gasteiger partial charge in [0.1, 0.15) is 0 Å². The topological polar surface area (TPSA) is 46.5 Å². The van der Waals surface area contributed by atoms with Crippen molar-refractivity contribution in [1.82, 2.24) is 0 Å². The number of ketones is 1. The summed E-state index contributed by atoms with van der Waals surface area (Å²) in [5, 5.41) is 9.77. The van der Waals surface area contributed by atoms with Crippen LogP contribution >= 0.6 is 0 Å². The van der Waals surface area contributed by atoms with E-state index in [1.54, 1.807) is 18.2 Å². The standard InChI is InChI=1S/C15H18O3/c1-18-13-3-2-11(8-12(13)16)14(17)15-6-4-10(9-15)5-7-15/h2-3,8,10,16H,4-7,9H2,1H3. The van der Waals surface area contributed by atoms with Crippen molar-refractivity contribution in [3.8, 4) is 11.5 Å². The van der Waals surface area contributed by atoms with Crippen LogP contribution in [0.4, 0.5) is 0 Å². The Morgan fingerprint density at radius 1 is 1.39 bits per heavy atom. The van der Waals surface area contributed by atoms with Crippen molar-refractivity contribution in [2.75, 3.05) is 7.11 Å². The maximum absolute atomic E-state index is 12.6. The molecule has 0 aliphatic heterocycles. The van der Waals surface area contributed by atoms with Crippen molar-refractivity contribution >= 4 is 5.78 Å². The first kappa shape index (κ1) is 11.6. The Morgan fingerprint density at radius 3 is 2.61 bits per heavy atom. The van der Waals surface area contributed by atoms with E-state index in [-0.39, 0.29) is 16.9 Å². The van der Waals surface area contributed by atoms with E-state index in [9.17, 15) is 9.90 Å². The summed E-state index contributed by atoms with van der Waals surface area (Å²) in [5.41, 5.74) is 0.488. The summed E-state index contributed by atoms with van der Waals surface area (Å²) in [6, 6.07) is 4.98. The number of carbonyl (C=O) groups excluding carboxylic acids is 1. The number of phenols is 1. The number of methoxy groups -OCH3 is 1. The van der Waals surface area contributed by atoms with Crippen LogP contribution in [0.15, 0.2) is 18.2 Å². The van der Waals surface area contributed by atoms with Gasteiger partial charge in [0.15, 0.2) is 17.3 Å². The molecule has 2 fully saturated rings. The van der Waals surface area contributed by atoms with E-state index >= 15 is 0 Å². The lowest BCUT2D eigenvalue weighted by molar-refractivity contribution is 0.0802. The molecule has 1 aromatic rings. The molecular weight excluding hydrogens is 228 g/mol. The zero-order chi connectivity index (χ0) is 12.8. The van der Waals surface area contributed by atoms with Gasteiger partial charge in [0.25, 0.3) is 0 Å². The third-order valence-electron chi connectivity index (χ3n) is 4.66. The fourth-order valence-electron chi connectivity index (χ4n) is 3.65. The minimum Gasteiger partial charge on any atom is -0.504 e. The second-order valence-corrected chi connectivity index (χ2v) is 5.64. The van der Waals surface area contributed by atoms with Gasteiger partial charge in [0.05, 0.1) is 7.11 Å². The summed E-state index contributed by atoms with van der Waals surface area (Å²) in [4.78, 5) is 12.6. The van der Waals surface area contributed by atoms with Crippen LogP contribution in [0, 0.1) is 11.3 Å². The SMILES string of the molecule is COc1ccc(C(=O)C23CCC(CC2)C3)cc1O. The van der Waals surface area contributed by atoms with E-state index in [4.69, 9.17) is 4.74 Å². The van der Waals surface area contributed by atoms with Crippen molar-refractivity contribution in [2.45, 2.75) is 32.1 Å². The summed E-state index contributed by atoms with van der Waals surface area (Å²) < 4.78 is 5.00. The maximum atomic E-state index is 12.6. The highest BCUT2D eigenvalue weighted by atomic mass is 16.5. The predicted molar refractivity (Wildman–Crippen MR) is 68.0 cm³/mol. The van der Waals surface area contributed by atoms with Crippen LogP contribution < -0.4 is 4.74 Å². The zero-order valence-electron chi connectivity index (χ0n) is 10.6. The van der Waals surface area contributed by atoms with Gasteiger partial charge in [-0.05, 0) is 56.2 Å². The first-order valence-corrected chi connectivity index (χ1v) is 6.56. The molecular formula is C15H18O3. The number of rotatable bonds is 3. The third kappa shape index (κ3) is 1.61. The van der Waals surface area contributed by atoms with Crippen LogP contribution in [0.5, 0.6) is 11.5 Å². The average Bonchev–Trinajstić information content (AvgIpc) is 2.99. The van der Waals surface area contributed by atoms with Crippen LogP contribution in [0.25, 0.3) is 0 Å². The van der Waals surface area contributed by atoms with Crippen LogP contribution in [0.1, 0.15) is 42.5 Å². The van der Waals surface area contributed by atoms with E-state index in [0.717, 1.165) is 25.2 Å². The lowest BCUT2D eigenvalue weighted by atomic mass is 9.77. The number of fused-ring (bicyclic) bond motifs is 2. The molecule has 0 spiro atoms. The Hall–Kier alpha value is -1.51. The van der Waals surface area contributed by atoms with Gasteiger partial charge in [-0.1, -0.05) is 0 Å². The molecule has 18 heavy (non-hydrogen) atoms. The van der Waals surface area contributed by atoms with E-state index < -0.39 is 0 Å². The summed E-state index contributed by atoms with van der Waals surface area (Å²) in [5.74, 6) is 1.42. The highest BCUT2D eigenvalue weighted by molar-refractivity contribution is 6.01. The largest absolute Gasteiger partial charge is 0.504 e. The molecule has 0 saturated heterocycles. The minimum absolute atomic E-state index is 0.0484. The summed E-state index contributed by atoms with van der Waals surface area (Å²) >= 11 is 0. The lowest BCUT2D eigenvalue weighted by Crippen LogP contribution is -2.26. The summed E-state index contributed by atoms with van der Waals surface area (Å²) in [6.45, 7) is 0. The molecule has 2 aliphatic rings. The molecule has 3 heteroatoms. The van der Waals surface area contributed by atoms with Crippen molar-refractivity contribution in [1.29, 1.82) is 0 Å². The number of carbonyl (C=O) groups is 1. The average molecular weight is 246 g/mol. The molecule has 3 nitrogen and oxygen atoms in total. The number of aromatic hydroxyl groups is 1.